The van der Waals surface area contributed by atoms with Gasteiger partial charge in [-0.3, -0.25) is 4.90 Å². The molecular weight excluding hydrogens is 374 g/mol. The number of carbonyl (C=O) groups excluding carboxylic acids is 1. The quantitative estimate of drug-likeness (QED) is 0.749. The van der Waals surface area contributed by atoms with E-state index in [1.807, 2.05) is 38.1 Å². The van der Waals surface area contributed by atoms with E-state index in [1.54, 1.807) is 28.0 Å². The van der Waals surface area contributed by atoms with E-state index in [1.165, 1.54) is 0 Å². The smallest absolute Gasteiger partial charge is 0.314 e. The normalized spacial score (nSPS) is 23.0. The van der Waals surface area contributed by atoms with Crippen LogP contribution in [0.5, 0.6) is 0 Å². The molecule has 2 saturated heterocycles. The molecule has 7 heteroatoms. The van der Waals surface area contributed by atoms with E-state index in [0.717, 1.165) is 22.4 Å². The molecule has 2 heterocycles. The maximum absolute atomic E-state index is 13.3. The van der Waals surface area contributed by atoms with Crippen molar-refractivity contribution in [2.45, 2.75) is 32.5 Å². The summed E-state index contributed by atoms with van der Waals surface area (Å²) in [5, 5.41) is 9.12. The first-order valence-electron chi connectivity index (χ1n) is 9.15. The summed E-state index contributed by atoms with van der Waals surface area (Å²) >= 11 is 0. The van der Waals surface area contributed by atoms with Crippen LogP contribution in [0.2, 0.25) is 0 Å². The number of nitrogens with zero attached hydrogens (tertiary/aromatic N) is 3. The van der Waals surface area contributed by atoms with Crippen LogP contribution in [0.25, 0.3) is 0 Å². The summed E-state index contributed by atoms with van der Waals surface area (Å²) in [5.41, 5.74) is 4.07. The third-order valence-corrected chi connectivity index (χ3v) is 7.21. The molecule has 0 aliphatic carbocycles. The molecule has 0 spiro atoms. The molecule has 4 rings (SSSR count). The average Bonchev–Trinajstić information content (AvgIpc) is 3.08. The summed E-state index contributed by atoms with van der Waals surface area (Å²) in [7, 11) is -3.22. The molecule has 0 unspecified atom stereocenters. The Labute approximate surface area is 164 Å². The molecule has 2 aromatic carbocycles. The lowest BCUT2D eigenvalue weighted by atomic mass is 10.1. The first kappa shape index (κ1) is 18.5. The lowest BCUT2D eigenvalue weighted by Gasteiger charge is -2.24. The van der Waals surface area contributed by atoms with E-state index in [0.29, 0.717) is 5.56 Å². The van der Waals surface area contributed by atoms with Crippen LogP contribution < -0.4 is 4.90 Å². The topological polar surface area (TPSA) is 81.5 Å². The SMILES string of the molecule is Cc1ccc(C)c(N2C(=O)N(Cc3cccc(C#N)c3)[C@H]3CS(=O)(=O)C[C@@H]32)c1. The van der Waals surface area contributed by atoms with Gasteiger partial charge in [-0.05, 0) is 48.7 Å². The third kappa shape index (κ3) is 3.14. The van der Waals surface area contributed by atoms with E-state index < -0.39 is 15.9 Å². The van der Waals surface area contributed by atoms with Gasteiger partial charge in [-0.2, -0.15) is 5.26 Å². The van der Waals surface area contributed by atoms with E-state index in [-0.39, 0.29) is 30.1 Å². The Kier molecular flexibility index (Phi) is 4.39. The fourth-order valence-electron chi connectivity index (χ4n) is 4.16. The standard InChI is InChI=1S/C21H21N3O3S/c1-14-6-7-15(2)18(8-14)24-20-13-28(26,27)12-19(20)23(21(24)25)11-17-5-3-4-16(9-17)10-22/h3-9,19-20H,11-13H2,1-2H3/t19-,20-/m0/s1. The molecule has 6 nitrogen and oxygen atoms in total. The van der Waals surface area contributed by atoms with Crippen LogP contribution in [0.3, 0.4) is 0 Å². The highest BCUT2D eigenvalue weighted by Crippen LogP contribution is 2.37. The molecule has 144 valence electrons. The molecule has 2 aliphatic heterocycles. The van der Waals surface area contributed by atoms with E-state index >= 15 is 0 Å². The molecule has 2 amide bonds. The summed E-state index contributed by atoms with van der Waals surface area (Å²) in [6.07, 6.45) is 0. The van der Waals surface area contributed by atoms with E-state index in [9.17, 15) is 13.2 Å². The number of anilines is 1. The zero-order valence-corrected chi connectivity index (χ0v) is 16.6. The van der Waals surface area contributed by atoms with Gasteiger partial charge in [0.2, 0.25) is 0 Å². The Bertz CT molecular complexity index is 1100. The van der Waals surface area contributed by atoms with Crippen molar-refractivity contribution in [1.29, 1.82) is 5.26 Å². The van der Waals surface area contributed by atoms with Gasteiger partial charge >= 0.3 is 6.03 Å². The Morgan fingerprint density at radius 1 is 1.11 bits per heavy atom. The zero-order valence-electron chi connectivity index (χ0n) is 15.8. The number of hydrogen-bond donors (Lipinski definition) is 0. The maximum atomic E-state index is 13.3. The average molecular weight is 395 g/mol. The van der Waals surface area contributed by atoms with Crippen molar-refractivity contribution >= 4 is 21.6 Å². The number of urea groups is 1. The van der Waals surface area contributed by atoms with Gasteiger partial charge in [-0.1, -0.05) is 24.3 Å². The molecule has 28 heavy (non-hydrogen) atoms. The zero-order chi connectivity index (χ0) is 20.1. The number of aryl methyl sites for hydroxylation is 2. The first-order chi connectivity index (χ1) is 13.3. The number of carbonyl (C=O) groups is 1. The highest BCUT2D eigenvalue weighted by atomic mass is 32.2. The van der Waals surface area contributed by atoms with Gasteiger partial charge in [-0.25, -0.2) is 13.2 Å². The number of sulfone groups is 1. The molecular formula is C21H21N3O3S. The second kappa shape index (κ2) is 6.64. The minimum atomic E-state index is -3.22. The van der Waals surface area contributed by atoms with Crippen molar-refractivity contribution < 1.29 is 13.2 Å². The van der Waals surface area contributed by atoms with E-state index in [4.69, 9.17) is 5.26 Å². The number of amides is 2. The lowest BCUT2D eigenvalue weighted by Crippen LogP contribution is -2.38. The Hall–Kier alpha value is -2.85. The van der Waals surface area contributed by atoms with Crippen LogP contribution in [0.1, 0.15) is 22.3 Å². The minimum Gasteiger partial charge on any atom is -0.314 e. The van der Waals surface area contributed by atoms with Crippen LogP contribution in [-0.2, 0) is 16.4 Å². The number of benzene rings is 2. The summed E-state index contributed by atoms with van der Waals surface area (Å²) in [6, 6.07) is 14.1. The monoisotopic (exact) mass is 395 g/mol. The summed E-state index contributed by atoms with van der Waals surface area (Å²) in [4.78, 5) is 16.6. The maximum Gasteiger partial charge on any atom is 0.325 e. The van der Waals surface area contributed by atoms with Gasteiger partial charge < -0.3 is 4.90 Å². The van der Waals surface area contributed by atoms with Crippen LogP contribution in [0.4, 0.5) is 10.5 Å². The molecule has 2 atom stereocenters. The van der Waals surface area contributed by atoms with Crippen molar-refractivity contribution in [3.8, 4) is 6.07 Å². The number of hydrogen-bond acceptors (Lipinski definition) is 4. The third-order valence-electron chi connectivity index (χ3n) is 5.51. The van der Waals surface area contributed by atoms with Gasteiger partial charge in [0, 0.05) is 12.2 Å². The van der Waals surface area contributed by atoms with Crippen molar-refractivity contribution in [2.75, 3.05) is 16.4 Å². The van der Waals surface area contributed by atoms with Gasteiger partial charge in [0.1, 0.15) is 0 Å². The van der Waals surface area contributed by atoms with Gasteiger partial charge in [0.15, 0.2) is 9.84 Å². The number of nitriles is 1. The second-order valence-electron chi connectivity index (χ2n) is 7.59. The molecule has 2 aliphatic rings. The molecule has 0 saturated carbocycles. The predicted octanol–water partition coefficient (Wildman–Crippen LogP) is 2.78. The molecule has 2 fully saturated rings. The molecule has 0 aromatic heterocycles. The lowest BCUT2D eigenvalue weighted by molar-refractivity contribution is 0.206. The van der Waals surface area contributed by atoms with Crippen molar-refractivity contribution in [2.24, 2.45) is 0 Å². The molecule has 2 aromatic rings. The molecule has 0 bridgehead atoms. The summed E-state index contributed by atoms with van der Waals surface area (Å²) < 4.78 is 24.7. The van der Waals surface area contributed by atoms with Crippen molar-refractivity contribution in [3.63, 3.8) is 0 Å². The summed E-state index contributed by atoms with van der Waals surface area (Å²) in [6.45, 7) is 4.17. The fourth-order valence-corrected chi connectivity index (χ4v) is 6.11. The van der Waals surface area contributed by atoms with Crippen molar-refractivity contribution in [3.05, 3.63) is 64.7 Å². The summed E-state index contributed by atoms with van der Waals surface area (Å²) in [5.74, 6) is -0.0474. The van der Waals surface area contributed by atoms with Gasteiger partial charge in [-0.15, -0.1) is 0 Å². The number of fused-ring (bicyclic) bond motifs is 1. The Morgan fingerprint density at radius 2 is 1.86 bits per heavy atom. The van der Waals surface area contributed by atoms with Gasteiger partial charge in [0.05, 0.1) is 35.2 Å². The minimum absolute atomic E-state index is 0.0223. The highest BCUT2D eigenvalue weighted by molar-refractivity contribution is 7.91. The van der Waals surface area contributed by atoms with Crippen LogP contribution in [0, 0.1) is 25.2 Å². The van der Waals surface area contributed by atoms with Gasteiger partial charge in [0.25, 0.3) is 0 Å². The molecule has 0 N–H and O–H groups in total. The largest absolute Gasteiger partial charge is 0.325 e. The second-order valence-corrected chi connectivity index (χ2v) is 9.75. The van der Waals surface area contributed by atoms with Crippen molar-refractivity contribution in [1.82, 2.24) is 4.90 Å². The Morgan fingerprint density at radius 3 is 2.61 bits per heavy atom. The molecule has 0 radical (unpaired) electrons. The first-order valence-corrected chi connectivity index (χ1v) is 11.0. The number of rotatable bonds is 3. The van der Waals surface area contributed by atoms with Crippen LogP contribution in [-0.4, -0.2) is 42.9 Å². The van der Waals surface area contributed by atoms with Crippen LogP contribution >= 0.6 is 0 Å². The van der Waals surface area contributed by atoms with E-state index in [2.05, 4.69) is 6.07 Å². The Balaban J connectivity index is 1.74. The van der Waals surface area contributed by atoms with Crippen LogP contribution in [0.15, 0.2) is 42.5 Å². The highest BCUT2D eigenvalue weighted by Gasteiger charge is 2.54. The predicted molar refractivity (Wildman–Crippen MR) is 107 cm³/mol. The fraction of sp³-hybridized carbons (Fsp3) is 0.333.